The predicted octanol–water partition coefficient (Wildman–Crippen LogP) is 3.47. The van der Waals surface area contributed by atoms with Gasteiger partial charge in [0.05, 0.1) is 13.2 Å². The molecule has 0 bridgehead atoms. The van der Waals surface area contributed by atoms with Gasteiger partial charge in [-0.2, -0.15) is 8.78 Å². The molecule has 1 aromatic rings. The predicted molar refractivity (Wildman–Crippen MR) is 112 cm³/mol. The van der Waals surface area contributed by atoms with Crippen LogP contribution in [0.4, 0.5) is 8.78 Å². The zero-order chi connectivity index (χ0) is 21.1. The van der Waals surface area contributed by atoms with Gasteiger partial charge in [-0.3, -0.25) is 0 Å². The van der Waals surface area contributed by atoms with Gasteiger partial charge in [-0.05, 0) is 51.8 Å². The minimum absolute atomic E-state index is 0.0509. The molecule has 2 N–H and O–H groups in total. The number of alkyl halides is 2. The van der Waals surface area contributed by atoms with Crippen molar-refractivity contribution in [2.45, 2.75) is 46.8 Å². The van der Waals surface area contributed by atoms with Gasteiger partial charge in [-0.1, -0.05) is 19.1 Å². The summed E-state index contributed by atoms with van der Waals surface area (Å²) in [5, 5.41) is 6.61. The SMILES string of the molecule is CCCN1CCC(CNC(=NCc2cccc(OCC)c2OC(F)F)NCC)C1. The van der Waals surface area contributed by atoms with Gasteiger partial charge in [0, 0.05) is 25.2 Å². The highest BCUT2D eigenvalue weighted by atomic mass is 19.3. The maximum atomic E-state index is 12.9. The van der Waals surface area contributed by atoms with E-state index in [9.17, 15) is 8.78 Å². The molecule has 0 saturated carbocycles. The normalized spacial score (nSPS) is 17.6. The van der Waals surface area contributed by atoms with Gasteiger partial charge in [0.2, 0.25) is 0 Å². The number of hydrogen-bond donors (Lipinski definition) is 2. The topological polar surface area (TPSA) is 58.1 Å². The van der Waals surface area contributed by atoms with E-state index in [1.54, 1.807) is 25.1 Å². The number of nitrogens with zero attached hydrogens (tertiary/aromatic N) is 2. The Morgan fingerprint density at radius 2 is 2.10 bits per heavy atom. The molecule has 1 atom stereocenters. The molecule has 8 heteroatoms. The average Bonchev–Trinajstić information content (AvgIpc) is 3.13. The summed E-state index contributed by atoms with van der Waals surface area (Å²) >= 11 is 0. The van der Waals surface area contributed by atoms with Crippen LogP contribution in [0.15, 0.2) is 23.2 Å². The third-order valence-corrected chi connectivity index (χ3v) is 4.79. The maximum absolute atomic E-state index is 12.9. The quantitative estimate of drug-likeness (QED) is 0.431. The molecule has 2 rings (SSSR count). The molecule has 1 aliphatic rings. The van der Waals surface area contributed by atoms with Crippen LogP contribution in [-0.2, 0) is 6.54 Å². The Kier molecular flexibility index (Phi) is 9.97. The molecule has 29 heavy (non-hydrogen) atoms. The Labute approximate surface area is 172 Å². The van der Waals surface area contributed by atoms with Crippen molar-refractivity contribution in [2.75, 3.05) is 39.3 Å². The van der Waals surface area contributed by atoms with Crippen molar-refractivity contribution in [3.8, 4) is 11.5 Å². The Balaban J connectivity index is 2.03. The third-order valence-electron chi connectivity index (χ3n) is 4.79. The number of nitrogens with one attached hydrogen (secondary N) is 2. The fraction of sp³-hybridized carbons (Fsp3) is 0.667. The van der Waals surface area contributed by atoms with Gasteiger partial charge in [0.25, 0.3) is 0 Å². The first-order chi connectivity index (χ1) is 14.1. The standard InChI is InChI=1S/C21H34F2N4O2/c1-4-11-27-12-10-16(15-27)13-25-21(24-5-2)26-14-17-8-7-9-18(28-6-3)19(17)29-20(22)23/h7-9,16,20H,4-6,10-15H2,1-3H3,(H2,24,25,26). The number of hydrogen-bond acceptors (Lipinski definition) is 4. The van der Waals surface area contributed by atoms with Crippen molar-refractivity contribution < 1.29 is 18.3 Å². The molecule has 1 saturated heterocycles. The number of para-hydroxylation sites is 1. The van der Waals surface area contributed by atoms with Crippen LogP contribution in [0.3, 0.4) is 0 Å². The number of aliphatic imine (C=N–C) groups is 1. The summed E-state index contributed by atoms with van der Waals surface area (Å²) in [5.41, 5.74) is 0.559. The summed E-state index contributed by atoms with van der Waals surface area (Å²) in [7, 11) is 0. The molecule has 1 aromatic carbocycles. The van der Waals surface area contributed by atoms with Crippen molar-refractivity contribution in [2.24, 2.45) is 10.9 Å². The number of benzene rings is 1. The minimum Gasteiger partial charge on any atom is -0.490 e. The second-order valence-corrected chi connectivity index (χ2v) is 7.09. The largest absolute Gasteiger partial charge is 0.490 e. The van der Waals surface area contributed by atoms with Gasteiger partial charge in [-0.15, -0.1) is 0 Å². The van der Waals surface area contributed by atoms with Crippen LogP contribution in [0.1, 0.15) is 39.2 Å². The van der Waals surface area contributed by atoms with E-state index in [2.05, 4.69) is 27.4 Å². The van der Waals surface area contributed by atoms with E-state index in [4.69, 9.17) is 9.47 Å². The molecule has 1 unspecified atom stereocenters. The monoisotopic (exact) mass is 412 g/mol. The minimum atomic E-state index is -2.92. The first-order valence-electron chi connectivity index (χ1n) is 10.5. The van der Waals surface area contributed by atoms with Crippen LogP contribution in [0.5, 0.6) is 11.5 Å². The fourth-order valence-electron chi connectivity index (χ4n) is 3.52. The van der Waals surface area contributed by atoms with Crippen LogP contribution in [0, 0.1) is 5.92 Å². The van der Waals surface area contributed by atoms with Crippen molar-refractivity contribution in [3.63, 3.8) is 0 Å². The van der Waals surface area contributed by atoms with E-state index >= 15 is 0 Å². The number of ether oxygens (including phenoxy) is 2. The van der Waals surface area contributed by atoms with Crippen molar-refractivity contribution in [1.29, 1.82) is 0 Å². The lowest BCUT2D eigenvalue weighted by molar-refractivity contribution is -0.0520. The van der Waals surface area contributed by atoms with Crippen molar-refractivity contribution >= 4 is 5.96 Å². The molecule has 0 aliphatic carbocycles. The number of rotatable bonds is 11. The Morgan fingerprint density at radius 1 is 1.28 bits per heavy atom. The lowest BCUT2D eigenvalue weighted by atomic mass is 10.1. The summed E-state index contributed by atoms with van der Waals surface area (Å²) in [4.78, 5) is 7.06. The van der Waals surface area contributed by atoms with E-state index in [0.29, 0.717) is 29.8 Å². The summed E-state index contributed by atoms with van der Waals surface area (Å²) in [5.74, 6) is 1.62. The molecule has 0 aromatic heterocycles. The molecule has 1 aliphatic heterocycles. The molecule has 164 valence electrons. The van der Waals surface area contributed by atoms with Crippen LogP contribution in [0.25, 0.3) is 0 Å². The molecule has 1 fully saturated rings. The van der Waals surface area contributed by atoms with E-state index in [0.717, 1.165) is 32.7 Å². The lowest BCUT2D eigenvalue weighted by Crippen LogP contribution is -2.40. The summed E-state index contributed by atoms with van der Waals surface area (Å²) in [6.45, 7) is 8.61. The Hall–Kier alpha value is -2.09. The maximum Gasteiger partial charge on any atom is 0.387 e. The second-order valence-electron chi connectivity index (χ2n) is 7.09. The van der Waals surface area contributed by atoms with Crippen molar-refractivity contribution in [1.82, 2.24) is 15.5 Å². The summed E-state index contributed by atoms with van der Waals surface area (Å²) in [6, 6.07) is 5.11. The molecule has 0 amide bonds. The summed E-state index contributed by atoms with van der Waals surface area (Å²) in [6.07, 6.45) is 2.35. The van der Waals surface area contributed by atoms with Gasteiger partial charge in [0.1, 0.15) is 0 Å². The van der Waals surface area contributed by atoms with E-state index in [-0.39, 0.29) is 12.3 Å². The molecule has 6 nitrogen and oxygen atoms in total. The first kappa shape index (κ1) is 23.2. The number of likely N-dealkylation sites (tertiary alicyclic amines) is 1. The smallest absolute Gasteiger partial charge is 0.387 e. The van der Waals surface area contributed by atoms with E-state index < -0.39 is 6.61 Å². The Morgan fingerprint density at radius 3 is 2.79 bits per heavy atom. The molecule has 0 radical (unpaired) electrons. The van der Waals surface area contributed by atoms with Gasteiger partial charge in [-0.25, -0.2) is 4.99 Å². The third kappa shape index (κ3) is 7.68. The van der Waals surface area contributed by atoms with E-state index in [1.807, 2.05) is 6.92 Å². The van der Waals surface area contributed by atoms with E-state index in [1.165, 1.54) is 12.8 Å². The second kappa shape index (κ2) is 12.5. The highest BCUT2D eigenvalue weighted by Gasteiger charge is 2.21. The highest BCUT2D eigenvalue weighted by Crippen LogP contribution is 2.33. The lowest BCUT2D eigenvalue weighted by Gasteiger charge is -2.17. The molecule has 1 heterocycles. The first-order valence-corrected chi connectivity index (χ1v) is 10.5. The van der Waals surface area contributed by atoms with Crippen LogP contribution in [-0.4, -0.2) is 56.8 Å². The number of halogens is 2. The fourth-order valence-corrected chi connectivity index (χ4v) is 3.52. The number of guanidine groups is 1. The van der Waals surface area contributed by atoms with Crippen LogP contribution >= 0.6 is 0 Å². The summed E-state index contributed by atoms with van der Waals surface area (Å²) < 4.78 is 35.9. The van der Waals surface area contributed by atoms with Crippen LogP contribution in [0.2, 0.25) is 0 Å². The van der Waals surface area contributed by atoms with Gasteiger partial charge < -0.3 is 25.0 Å². The average molecular weight is 413 g/mol. The van der Waals surface area contributed by atoms with Crippen molar-refractivity contribution in [3.05, 3.63) is 23.8 Å². The molecular weight excluding hydrogens is 378 g/mol. The van der Waals surface area contributed by atoms with Crippen LogP contribution < -0.4 is 20.1 Å². The van der Waals surface area contributed by atoms with Gasteiger partial charge >= 0.3 is 6.61 Å². The Bertz CT molecular complexity index is 643. The molecule has 0 spiro atoms. The zero-order valence-corrected chi connectivity index (χ0v) is 17.7. The zero-order valence-electron chi connectivity index (χ0n) is 17.7. The highest BCUT2D eigenvalue weighted by molar-refractivity contribution is 5.79. The van der Waals surface area contributed by atoms with Gasteiger partial charge in [0.15, 0.2) is 17.5 Å². The molecular formula is C21H34F2N4O2.